The minimum absolute atomic E-state index is 0.579. The van der Waals surface area contributed by atoms with E-state index in [0.29, 0.717) is 13.8 Å². The fourth-order valence-electron chi connectivity index (χ4n) is 2.30. The maximum Gasteiger partial charge on any atom is 0.460 e. The van der Waals surface area contributed by atoms with Gasteiger partial charge in [-0.15, -0.1) is 0 Å². The Labute approximate surface area is 205 Å². The summed E-state index contributed by atoms with van der Waals surface area (Å²) in [5.74, 6) is -34.9. The normalized spacial score (nSPS) is 17.2. The molecule has 0 aliphatic carbocycles. The standard InChI is InChI=1S/C14H12F18O5S2/c1-4(2)5(33)3-6(38(34,35)13(29,30)9(19,20)7(15,16)11(23,24)25)39(36,37)14(31,32)10(21,22)8(17,18)12(26,27)28/h4-6,33H,3H2,1-2H3. The monoisotopic (exact) mass is 666 g/mol. The molecule has 0 saturated carbocycles. The van der Waals surface area contributed by atoms with Crippen molar-refractivity contribution >= 4 is 19.7 Å². The van der Waals surface area contributed by atoms with Gasteiger partial charge in [0.1, 0.15) is 0 Å². The Balaban J connectivity index is 7.66. The van der Waals surface area contributed by atoms with E-state index in [4.69, 9.17) is 0 Å². The molecule has 0 spiro atoms. The van der Waals surface area contributed by atoms with Crippen molar-refractivity contribution < 1.29 is 101 Å². The Bertz CT molecular complexity index is 1020. The van der Waals surface area contributed by atoms with E-state index in [-0.39, 0.29) is 0 Å². The van der Waals surface area contributed by atoms with E-state index in [1.54, 1.807) is 0 Å². The number of sulfone groups is 2. The van der Waals surface area contributed by atoms with E-state index in [1.807, 2.05) is 0 Å². The lowest BCUT2D eigenvalue weighted by Gasteiger charge is -2.37. The summed E-state index contributed by atoms with van der Waals surface area (Å²) in [6.45, 7) is 1.16. The van der Waals surface area contributed by atoms with Crippen LogP contribution in [0, 0.1) is 5.92 Å². The third-order valence-corrected chi connectivity index (χ3v) is 10.1. The molecule has 0 aliphatic rings. The third-order valence-electron chi connectivity index (χ3n) is 4.84. The van der Waals surface area contributed by atoms with Gasteiger partial charge in [-0.25, -0.2) is 16.8 Å². The molecule has 0 aromatic heterocycles. The van der Waals surface area contributed by atoms with Gasteiger partial charge in [-0.1, -0.05) is 13.8 Å². The van der Waals surface area contributed by atoms with Crippen LogP contribution in [0.1, 0.15) is 20.3 Å². The van der Waals surface area contributed by atoms with Gasteiger partial charge in [-0.05, 0) is 5.92 Å². The first kappa shape index (κ1) is 37.6. The lowest BCUT2D eigenvalue weighted by atomic mass is 10.1. The van der Waals surface area contributed by atoms with Gasteiger partial charge in [0.2, 0.25) is 19.7 Å². The third kappa shape index (κ3) is 5.34. The van der Waals surface area contributed by atoms with Gasteiger partial charge in [-0.2, -0.15) is 79.0 Å². The summed E-state index contributed by atoms with van der Waals surface area (Å²) in [5, 5.41) is -6.94. The Morgan fingerprint density at radius 3 is 0.923 bits per heavy atom. The van der Waals surface area contributed by atoms with E-state index in [1.165, 1.54) is 0 Å². The first-order valence-electron chi connectivity index (χ1n) is 9.01. The average Bonchev–Trinajstić information content (AvgIpc) is 2.68. The Kier molecular flexibility index (Phi) is 9.50. The van der Waals surface area contributed by atoms with Gasteiger partial charge in [0, 0.05) is 6.42 Å². The molecule has 0 aromatic rings. The van der Waals surface area contributed by atoms with E-state index in [2.05, 4.69) is 0 Å². The highest BCUT2D eigenvalue weighted by Gasteiger charge is 2.89. The highest BCUT2D eigenvalue weighted by molar-refractivity contribution is 8.10. The summed E-state index contributed by atoms with van der Waals surface area (Å²) in [4.78, 5) is 0. The molecule has 39 heavy (non-hydrogen) atoms. The van der Waals surface area contributed by atoms with E-state index < -0.39 is 89.3 Å². The summed E-state index contributed by atoms with van der Waals surface area (Å²) < 4.78 is 279. The van der Waals surface area contributed by atoms with E-state index in [0.717, 1.165) is 0 Å². The first-order valence-corrected chi connectivity index (χ1v) is 12.1. The van der Waals surface area contributed by atoms with E-state index in [9.17, 15) is 101 Å². The van der Waals surface area contributed by atoms with Crippen LogP contribution in [0.2, 0.25) is 0 Å². The number of alkyl halides is 18. The van der Waals surface area contributed by atoms with Gasteiger partial charge in [-0.3, -0.25) is 0 Å². The largest absolute Gasteiger partial charge is 0.460 e. The minimum atomic E-state index is -8.76. The molecule has 5 nitrogen and oxygen atoms in total. The highest BCUT2D eigenvalue weighted by atomic mass is 32.3. The maximum absolute atomic E-state index is 14.1. The second kappa shape index (κ2) is 9.86. The smallest absolute Gasteiger partial charge is 0.393 e. The molecule has 0 rings (SSSR count). The number of aliphatic hydroxyl groups is 1. The van der Waals surface area contributed by atoms with Crippen molar-refractivity contribution in [2.45, 2.75) is 77.5 Å². The van der Waals surface area contributed by atoms with Crippen molar-refractivity contribution in [3.63, 3.8) is 0 Å². The van der Waals surface area contributed by atoms with Gasteiger partial charge >= 0.3 is 46.6 Å². The van der Waals surface area contributed by atoms with Crippen molar-refractivity contribution in [2.75, 3.05) is 0 Å². The minimum Gasteiger partial charge on any atom is -0.393 e. The summed E-state index contributed by atoms with van der Waals surface area (Å²) in [6.07, 6.45) is -21.7. The zero-order chi connectivity index (χ0) is 32.4. The highest BCUT2D eigenvalue weighted by Crippen LogP contribution is 2.59. The molecule has 236 valence electrons. The molecule has 0 saturated heterocycles. The van der Waals surface area contributed by atoms with Gasteiger partial charge in [0.05, 0.1) is 6.10 Å². The molecule has 25 heteroatoms. The Morgan fingerprint density at radius 1 is 0.513 bits per heavy atom. The van der Waals surface area contributed by atoms with Crippen molar-refractivity contribution in [1.82, 2.24) is 0 Å². The van der Waals surface area contributed by atoms with Crippen LogP contribution in [0.3, 0.4) is 0 Å². The van der Waals surface area contributed by atoms with Crippen LogP contribution in [-0.2, 0) is 19.7 Å². The van der Waals surface area contributed by atoms with E-state index >= 15 is 0 Å². The second-order valence-electron chi connectivity index (χ2n) is 7.89. The quantitative estimate of drug-likeness (QED) is 0.299. The van der Waals surface area contributed by atoms with Gasteiger partial charge in [0.15, 0.2) is 4.58 Å². The Morgan fingerprint density at radius 2 is 0.744 bits per heavy atom. The number of halogens is 18. The fourth-order valence-corrected chi connectivity index (χ4v) is 6.89. The zero-order valence-corrected chi connectivity index (χ0v) is 19.8. The molecule has 0 aromatic carbocycles. The summed E-state index contributed by atoms with van der Waals surface area (Å²) in [5.41, 5.74) is 0. The predicted molar refractivity (Wildman–Crippen MR) is 88.9 cm³/mol. The summed E-state index contributed by atoms with van der Waals surface area (Å²) >= 11 is 0. The average molecular weight is 666 g/mol. The molecule has 0 fully saturated rings. The first-order chi connectivity index (χ1) is 16.5. The van der Waals surface area contributed by atoms with Crippen LogP contribution in [-0.4, -0.2) is 79.2 Å². The van der Waals surface area contributed by atoms with Crippen molar-refractivity contribution in [3.05, 3.63) is 0 Å². The van der Waals surface area contributed by atoms with Gasteiger partial charge < -0.3 is 5.11 Å². The number of rotatable bonds is 11. The lowest BCUT2D eigenvalue weighted by molar-refractivity contribution is -0.382. The molecule has 1 atom stereocenters. The van der Waals surface area contributed by atoms with Crippen molar-refractivity contribution in [1.29, 1.82) is 0 Å². The van der Waals surface area contributed by atoms with Crippen molar-refractivity contribution in [2.24, 2.45) is 5.92 Å². The van der Waals surface area contributed by atoms with Crippen LogP contribution in [0.5, 0.6) is 0 Å². The van der Waals surface area contributed by atoms with Crippen LogP contribution in [0.25, 0.3) is 0 Å². The predicted octanol–water partition coefficient (Wildman–Crippen LogP) is 5.40. The Hall–Kier alpha value is -1.40. The van der Waals surface area contributed by atoms with Crippen LogP contribution in [0.4, 0.5) is 79.0 Å². The molecular formula is C14H12F18O5S2. The summed E-state index contributed by atoms with van der Waals surface area (Å²) in [7, 11) is -17.5. The molecule has 1 unspecified atom stereocenters. The fraction of sp³-hybridized carbons (Fsp3) is 1.00. The summed E-state index contributed by atoms with van der Waals surface area (Å²) in [6, 6.07) is 0. The molecule has 0 radical (unpaired) electrons. The second-order valence-corrected chi connectivity index (χ2v) is 12.5. The molecular weight excluding hydrogens is 654 g/mol. The molecule has 0 aliphatic heterocycles. The van der Waals surface area contributed by atoms with Crippen molar-refractivity contribution in [3.8, 4) is 0 Å². The molecule has 1 N–H and O–H groups in total. The zero-order valence-electron chi connectivity index (χ0n) is 18.1. The SMILES string of the molecule is CC(C)C(O)CC(S(=O)(=O)C(F)(F)C(F)(F)C(F)(F)C(F)(F)F)S(=O)(=O)C(F)(F)C(F)(F)C(F)(F)C(F)(F)F. The van der Waals surface area contributed by atoms with Crippen LogP contribution >= 0.6 is 0 Å². The number of hydrogen-bond acceptors (Lipinski definition) is 5. The van der Waals surface area contributed by atoms with Crippen LogP contribution < -0.4 is 0 Å². The molecule has 0 bridgehead atoms. The number of hydrogen-bond donors (Lipinski definition) is 1. The van der Waals surface area contributed by atoms with Gasteiger partial charge in [0.25, 0.3) is 0 Å². The molecule has 0 heterocycles. The maximum atomic E-state index is 14.1. The lowest BCUT2D eigenvalue weighted by Crippen LogP contribution is -2.68. The number of aliphatic hydroxyl groups excluding tert-OH is 1. The van der Waals surface area contributed by atoms with Crippen LogP contribution in [0.15, 0.2) is 0 Å². The molecule has 0 amide bonds. The topological polar surface area (TPSA) is 88.5 Å².